The number of benzene rings is 2. The number of carbonyl (C=O) groups is 1. The summed E-state index contributed by atoms with van der Waals surface area (Å²) in [5.74, 6) is -0.120. The second kappa shape index (κ2) is 7.80. The molecule has 0 bridgehead atoms. The van der Waals surface area contributed by atoms with Crippen molar-refractivity contribution in [3.63, 3.8) is 0 Å². The SMILES string of the molecule is CC(/C=N\NC(=O)Cc1ccccc1)=C\c1ccccc1. The van der Waals surface area contributed by atoms with Gasteiger partial charge < -0.3 is 0 Å². The lowest BCUT2D eigenvalue weighted by Crippen LogP contribution is -2.19. The van der Waals surface area contributed by atoms with Gasteiger partial charge in [0.1, 0.15) is 0 Å². The van der Waals surface area contributed by atoms with E-state index >= 15 is 0 Å². The molecule has 3 heteroatoms. The predicted molar refractivity (Wildman–Crippen MR) is 86.9 cm³/mol. The first-order chi connectivity index (χ1) is 10.2. The fraction of sp³-hybridized carbons (Fsp3) is 0.111. The predicted octanol–water partition coefficient (Wildman–Crippen LogP) is 3.43. The van der Waals surface area contributed by atoms with Crippen LogP contribution in [-0.2, 0) is 11.2 Å². The summed E-state index contributed by atoms with van der Waals surface area (Å²) in [4.78, 5) is 11.7. The Morgan fingerprint density at radius 3 is 2.33 bits per heavy atom. The highest BCUT2D eigenvalue weighted by Gasteiger charge is 2.00. The highest BCUT2D eigenvalue weighted by atomic mass is 16.2. The topological polar surface area (TPSA) is 41.5 Å². The van der Waals surface area contributed by atoms with Crippen LogP contribution < -0.4 is 5.43 Å². The molecule has 21 heavy (non-hydrogen) atoms. The lowest BCUT2D eigenvalue weighted by atomic mass is 10.1. The summed E-state index contributed by atoms with van der Waals surface area (Å²) in [6, 6.07) is 19.6. The molecule has 2 aromatic carbocycles. The van der Waals surface area contributed by atoms with Crippen molar-refractivity contribution in [1.29, 1.82) is 0 Å². The molecule has 2 aromatic rings. The van der Waals surface area contributed by atoms with Gasteiger partial charge in [0.15, 0.2) is 0 Å². The standard InChI is InChI=1S/C18H18N2O/c1-15(12-16-8-4-2-5-9-16)14-19-20-18(21)13-17-10-6-3-7-11-17/h2-12,14H,13H2,1H3,(H,20,21)/b15-12+,19-14-. The molecule has 1 amide bonds. The summed E-state index contributed by atoms with van der Waals surface area (Å²) < 4.78 is 0. The minimum atomic E-state index is -0.120. The van der Waals surface area contributed by atoms with Gasteiger partial charge in [-0.05, 0) is 23.6 Å². The van der Waals surface area contributed by atoms with E-state index in [0.29, 0.717) is 6.42 Å². The van der Waals surface area contributed by atoms with Crippen LogP contribution in [-0.4, -0.2) is 12.1 Å². The van der Waals surface area contributed by atoms with Gasteiger partial charge in [-0.25, -0.2) is 5.43 Å². The zero-order chi connectivity index (χ0) is 14.9. The molecule has 0 heterocycles. The lowest BCUT2D eigenvalue weighted by molar-refractivity contribution is -0.120. The Hall–Kier alpha value is -2.68. The number of allylic oxidation sites excluding steroid dienone is 1. The molecule has 0 aliphatic heterocycles. The molecule has 0 saturated carbocycles. The van der Waals surface area contributed by atoms with Gasteiger partial charge in [0, 0.05) is 0 Å². The highest BCUT2D eigenvalue weighted by molar-refractivity contribution is 5.86. The summed E-state index contributed by atoms with van der Waals surface area (Å²) in [6.45, 7) is 1.94. The van der Waals surface area contributed by atoms with Gasteiger partial charge in [-0.3, -0.25) is 4.79 Å². The third-order valence-corrected chi connectivity index (χ3v) is 2.86. The molecule has 0 spiro atoms. The average molecular weight is 278 g/mol. The van der Waals surface area contributed by atoms with Crippen molar-refractivity contribution in [1.82, 2.24) is 5.43 Å². The molecule has 3 nitrogen and oxygen atoms in total. The van der Waals surface area contributed by atoms with Gasteiger partial charge in [0.25, 0.3) is 0 Å². The van der Waals surface area contributed by atoms with E-state index in [1.807, 2.05) is 73.7 Å². The van der Waals surface area contributed by atoms with Crippen LogP contribution in [0.15, 0.2) is 71.3 Å². The van der Waals surface area contributed by atoms with Crippen molar-refractivity contribution < 1.29 is 4.79 Å². The van der Waals surface area contributed by atoms with E-state index in [-0.39, 0.29) is 5.91 Å². The Bertz CT molecular complexity index is 631. The number of carbonyl (C=O) groups excluding carboxylic acids is 1. The van der Waals surface area contributed by atoms with E-state index < -0.39 is 0 Å². The summed E-state index contributed by atoms with van der Waals surface area (Å²) in [6.07, 6.45) is 3.99. The van der Waals surface area contributed by atoms with Crippen LogP contribution in [0.2, 0.25) is 0 Å². The Kier molecular flexibility index (Phi) is 5.47. The molecular formula is C18H18N2O. The van der Waals surface area contributed by atoms with E-state index in [0.717, 1.165) is 16.7 Å². The summed E-state index contributed by atoms with van der Waals surface area (Å²) in [7, 11) is 0. The zero-order valence-electron chi connectivity index (χ0n) is 12.0. The maximum absolute atomic E-state index is 11.7. The molecule has 106 valence electrons. The van der Waals surface area contributed by atoms with Crippen LogP contribution >= 0.6 is 0 Å². The third-order valence-electron chi connectivity index (χ3n) is 2.86. The highest BCUT2D eigenvalue weighted by Crippen LogP contribution is 2.04. The van der Waals surface area contributed by atoms with Crippen LogP contribution in [0.25, 0.3) is 6.08 Å². The largest absolute Gasteiger partial charge is 0.273 e. The molecule has 2 rings (SSSR count). The van der Waals surface area contributed by atoms with Crippen molar-refractivity contribution >= 4 is 18.2 Å². The van der Waals surface area contributed by atoms with Crippen LogP contribution in [0.5, 0.6) is 0 Å². The summed E-state index contributed by atoms with van der Waals surface area (Å²) >= 11 is 0. The monoisotopic (exact) mass is 278 g/mol. The average Bonchev–Trinajstić information content (AvgIpc) is 2.49. The fourth-order valence-electron chi connectivity index (χ4n) is 1.88. The first-order valence-electron chi connectivity index (χ1n) is 6.83. The van der Waals surface area contributed by atoms with Crippen LogP contribution in [0.3, 0.4) is 0 Å². The first kappa shape index (κ1) is 14.7. The second-order valence-corrected chi connectivity index (χ2v) is 4.75. The maximum atomic E-state index is 11.7. The van der Waals surface area contributed by atoms with E-state index in [1.165, 1.54) is 0 Å². The Morgan fingerprint density at radius 1 is 1.05 bits per heavy atom. The Morgan fingerprint density at radius 2 is 1.67 bits per heavy atom. The maximum Gasteiger partial charge on any atom is 0.244 e. The summed E-state index contributed by atoms with van der Waals surface area (Å²) in [5.41, 5.74) is 5.59. The van der Waals surface area contributed by atoms with Gasteiger partial charge in [-0.15, -0.1) is 0 Å². The number of nitrogens with one attached hydrogen (secondary N) is 1. The number of rotatable bonds is 5. The number of hydrazone groups is 1. The number of hydrogen-bond donors (Lipinski definition) is 1. The quantitative estimate of drug-likeness (QED) is 0.660. The Labute approximate surface area is 125 Å². The van der Waals surface area contributed by atoms with E-state index in [1.54, 1.807) is 6.21 Å². The van der Waals surface area contributed by atoms with E-state index in [9.17, 15) is 4.79 Å². The number of amides is 1. The minimum absolute atomic E-state index is 0.120. The van der Waals surface area contributed by atoms with Gasteiger partial charge in [-0.1, -0.05) is 66.7 Å². The van der Waals surface area contributed by atoms with Crippen molar-refractivity contribution in [2.75, 3.05) is 0 Å². The molecule has 1 N–H and O–H groups in total. The van der Waals surface area contributed by atoms with Crippen LogP contribution in [0.1, 0.15) is 18.1 Å². The van der Waals surface area contributed by atoms with Crippen LogP contribution in [0.4, 0.5) is 0 Å². The van der Waals surface area contributed by atoms with Crippen molar-refractivity contribution in [2.45, 2.75) is 13.3 Å². The first-order valence-corrected chi connectivity index (χ1v) is 6.83. The van der Waals surface area contributed by atoms with E-state index in [2.05, 4.69) is 10.5 Å². The van der Waals surface area contributed by atoms with E-state index in [4.69, 9.17) is 0 Å². The molecule has 0 saturated heterocycles. The Balaban J connectivity index is 1.84. The van der Waals surface area contributed by atoms with Gasteiger partial charge in [0.2, 0.25) is 5.91 Å². The molecule has 0 aliphatic rings. The third kappa shape index (κ3) is 5.45. The molecule has 0 aliphatic carbocycles. The normalized spacial score (nSPS) is 11.6. The summed E-state index contributed by atoms with van der Waals surface area (Å²) in [5, 5.41) is 3.97. The molecular weight excluding hydrogens is 260 g/mol. The lowest BCUT2D eigenvalue weighted by Gasteiger charge is -2.00. The van der Waals surface area contributed by atoms with Gasteiger partial charge in [0.05, 0.1) is 12.6 Å². The second-order valence-electron chi connectivity index (χ2n) is 4.75. The zero-order valence-corrected chi connectivity index (χ0v) is 12.0. The number of nitrogens with zero attached hydrogens (tertiary/aromatic N) is 1. The molecule has 0 aromatic heterocycles. The van der Waals surface area contributed by atoms with Crippen LogP contribution in [0, 0.1) is 0 Å². The minimum Gasteiger partial charge on any atom is -0.273 e. The number of hydrogen-bond acceptors (Lipinski definition) is 2. The van der Waals surface area contributed by atoms with Crippen molar-refractivity contribution in [2.24, 2.45) is 5.10 Å². The molecule has 0 fully saturated rings. The van der Waals surface area contributed by atoms with Gasteiger partial charge in [-0.2, -0.15) is 5.10 Å². The fourth-order valence-corrected chi connectivity index (χ4v) is 1.88. The smallest absolute Gasteiger partial charge is 0.244 e. The molecule has 0 atom stereocenters. The van der Waals surface area contributed by atoms with Gasteiger partial charge >= 0.3 is 0 Å². The van der Waals surface area contributed by atoms with Crippen molar-refractivity contribution in [3.8, 4) is 0 Å². The van der Waals surface area contributed by atoms with Crippen molar-refractivity contribution in [3.05, 3.63) is 77.4 Å². The molecule has 0 unspecified atom stereocenters. The molecule has 0 radical (unpaired) electrons.